The van der Waals surface area contributed by atoms with Gasteiger partial charge in [-0.3, -0.25) is 0 Å². The van der Waals surface area contributed by atoms with Crippen molar-refractivity contribution in [1.29, 1.82) is 0 Å². The average molecular weight is 268 g/mol. The van der Waals surface area contributed by atoms with Gasteiger partial charge in [0.25, 0.3) is 0 Å². The number of hydrogen-bond donors (Lipinski definition) is 0. The molecule has 4 heteroatoms. The van der Waals surface area contributed by atoms with Crippen LogP contribution in [0.3, 0.4) is 0 Å². The van der Waals surface area contributed by atoms with Gasteiger partial charge in [-0.05, 0) is 37.6 Å². The van der Waals surface area contributed by atoms with Crippen LogP contribution in [0.1, 0.15) is 18.2 Å². The average Bonchev–Trinajstić information content (AvgIpc) is 2.78. The van der Waals surface area contributed by atoms with E-state index in [1.807, 2.05) is 19.9 Å². The Bertz CT molecular complexity index is 549. The third-order valence-corrected chi connectivity index (χ3v) is 3.55. The maximum atomic E-state index is 13.9. The second kappa shape index (κ2) is 5.48. The Kier molecular flexibility index (Phi) is 3.97. The fourth-order valence-electron chi connectivity index (χ4n) is 1.62. The fourth-order valence-corrected chi connectivity index (χ4v) is 2.51. The molecule has 1 heterocycles. The number of benzene rings is 1. The Balaban J connectivity index is 2.37. The van der Waals surface area contributed by atoms with E-state index in [9.17, 15) is 8.78 Å². The number of hydrogen-bond acceptors (Lipinski definition) is 2. The van der Waals surface area contributed by atoms with Crippen LogP contribution < -0.4 is 4.74 Å². The lowest BCUT2D eigenvalue weighted by atomic mass is 10.1. The first-order chi connectivity index (χ1) is 8.63. The third kappa shape index (κ3) is 2.53. The van der Waals surface area contributed by atoms with Crippen LogP contribution in [0.5, 0.6) is 5.75 Å². The first-order valence-corrected chi connectivity index (χ1v) is 6.62. The van der Waals surface area contributed by atoms with Gasteiger partial charge in [-0.1, -0.05) is 6.92 Å². The van der Waals surface area contributed by atoms with E-state index in [0.717, 1.165) is 16.2 Å². The lowest BCUT2D eigenvalue weighted by Crippen LogP contribution is -2.00. The van der Waals surface area contributed by atoms with Crippen LogP contribution in [-0.4, -0.2) is 6.61 Å². The minimum absolute atomic E-state index is 0.0219. The minimum atomic E-state index is -0.910. The summed E-state index contributed by atoms with van der Waals surface area (Å²) in [6.45, 7) is 4.23. The quantitative estimate of drug-likeness (QED) is 0.774. The number of aryl methyl sites for hydroxylation is 1. The van der Waals surface area contributed by atoms with E-state index in [-0.39, 0.29) is 11.3 Å². The van der Waals surface area contributed by atoms with E-state index in [0.29, 0.717) is 6.61 Å². The summed E-state index contributed by atoms with van der Waals surface area (Å²) in [6.07, 6.45) is 0.757. The molecular weight excluding hydrogens is 254 g/mol. The highest BCUT2D eigenvalue weighted by Gasteiger charge is 2.16. The van der Waals surface area contributed by atoms with E-state index in [1.54, 1.807) is 12.1 Å². The number of ether oxygens (including phenoxy) is 1. The van der Waals surface area contributed by atoms with Gasteiger partial charge in [-0.15, -0.1) is 11.3 Å². The molecule has 0 aliphatic heterocycles. The highest BCUT2D eigenvalue weighted by atomic mass is 32.1. The van der Waals surface area contributed by atoms with E-state index < -0.39 is 11.6 Å². The lowest BCUT2D eigenvalue weighted by Gasteiger charge is -2.08. The molecule has 0 saturated heterocycles. The number of halogens is 2. The predicted octanol–water partition coefficient (Wildman–Crippen LogP) is 4.79. The fraction of sp³-hybridized carbons (Fsp3) is 0.286. The summed E-state index contributed by atoms with van der Waals surface area (Å²) in [6, 6.07) is 6.73. The molecule has 1 aromatic carbocycles. The predicted molar refractivity (Wildman–Crippen MR) is 70.2 cm³/mol. The number of thiophene rings is 1. The first-order valence-electron chi connectivity index (χ1n) is 5.81. The lowest BCUT2D eigenvalue weighted by molar-refractivity contribution is 0.295. The maximum Gasteiger partial charge on any atom is 0.201 e. The van der Waals surface area contributed by atoms with Gasteiger partial charge >= 0.3 is 0 Å². The van der Waals surface area contributed by atoms with E-state index >= 15 is 0 Å². The molecule has 2 rings (SSSR count). The molecule has 2 aromatic rings. The second-order valence-electron chi connectivity index (χ2n) is 4.00. The van der Waals surface area contributed by atoms with Gasteiger partial charge in [0.05, 0.1) is 6.61 Å². The zero-order chi connectivity index (χ0) is 13.1. The van der Waals surface area contributed by atoms with Crippen molar-refractivity contribution in [3.63, 3.8) is 0 Å². The largest absolute Gasteiger partial charge is 0.490 e. The Morgan fingerprint density at radius 2 is 1.89 bits per heavy atom. The third-order valence-electron chi connectivity index (χ3n) is 2.51. The molecule has 0 radical (unpaired) electrons. The summed E-state index contributed by atoms with van der Waals surface area (Å²) < 4.78 is 32.9. The molecule has 0 atom stereocenters. The highest BCUT2D eigenvalue weighted by Crippen LogP contribution is 2.33. The number of rotatable bonds is 4. The van der Waals surface area contributed by atoms with Crippen molar-refractivity contribution >= 4 is 11.3 Å². The van der Waals surface area contributed by atoms with Crippen LogP contribution in [0.4, 0.5) is 8.78 Å². The molecule has 0 spiro atoms. The molecule has 0 fully saturated rings. The Morgan fingerprint density at radius 3 is 2.50 bits per heavy atom. The second-order valence-corrected chi connectivity index (χ2v) is 5.29. The van der Waals surface area contributed by atoms with Crippen LogP contribution in [0.25, 0.3) is 10.4 Å². The Labute approximate surface area is 109 Å². The van der Waals surface area contributed by atoms with Crippen molar-refractivity contribution in [2.45, 2.75) is 20.3 Å². The summed E-state index contributed by atoms with van der Waals surface area (Å²) in [4.78, 5) is 1.79. The van der Waals surface area contributed by atoms with Gasteiger partial charge in [0.15, 0.2) is 11.6 Å². The Morgan fingerprint density at radius 1 is 1.11 bits per heavy atom. The zero-order valence-electron chi connectivity index (χ0n) is 10.3. The van der Waals surface area contributed by atoms with Gasteiger partial charge in [-0.25, -0.2) is 4.39 Å². The molecule has 0 N–H and O–H groups in total. The topological polar surface area (TPSA) is 9.23 Å². The normalized spacial score (nSPS) is 10.7. The van der Waals surface area contributed by atoms with E-state index in [2.05, 4.69) is 0 Å². The Hall–Kier alpha value is -1.42. The monoisotopic (exact) mass is 268 g/mol. The van der Waals surface area contributed by atoms with Crippen LogP contribution in [0, 0.1) is 18.6 Å². The van der Waals surface area contributed by atoms with Gasteiger partial charge < -0.3 is 4.74 Å². The zero-order valence-corrected chi connectivity index (χ0v) is 11.1. The molecule has 1 nitrogen and oxygen atoms in total. The summed E-state index contributed by atoms with van der Waals surface area (Å²) in [7, 11) is 0. The summed E-state index contributed by atoms with van der Waals surface area (Å²) in [5, 5.41) is 0. The van der Waals surface area contributed by atoms with Crippen LogP contribution >= 0.6 is 11.3 Å². The van der Waals surface area contributed by atoms with Gasteiger partial charge in [0, 0.05) is 15.3 Å². The van der Waals surface area contributed by atoms with Crippen LogP contribution in [0.15, 0.2) is 24.3 Å². The standard InChI is InChI=1S/C14H14F2OS/c1-3-8-17-11-6-5-10(13(15)14(11)16)12-7-4-9(2)18-12/h4-7H,3,8H2,1-2H3. The molecule has 0 bridgehead atoms. The molecule has 0 amide bonds. The van der Waals surface area contributed by atoms with Crippen molar-refractivity contribution in [2.75, 3.05) is 6.61 Å². The molecule has 18 heavy (non-hydrogen) atoms. The van der Waals surface area contributed by atoms with Crippen molar-refractivity contribution in [3.05, 3.63) is 40.8 Å². The smallest absolute Gasteiger partial charge is 0.201 e. The molecule has 1 aromatic heterocycles. The van der Waals surface area contributed by atoms with Crippen molar-refractivity contribution < 1.29 is 13.5 Å². The maximum absolute atomic E-state index is 13.9. The summed E-state index contributed by atoms with van der Waals surface area (Å²) >= 11 is 1.44. The molecule has 0 saturated carbocycles. The molecule has 0 aliphatic rings. The van der Waals surface area contributed by atoms with Gasteiger partial charge in [0.1, 0.15) is 0 Å². The van der Waals surface area contributed by atoms with Crippen LogP contribution in [0.2, 0.25) is 0 Å². The van der Waals surface area contributed by atoms with Gasteiger partial charge in [-0.2, -0.15) is 4.39 Å². The molecule has 0 aliphatic carbocycles. The van der Waals surface area contributed by atoms with Crippen molar-refractivity contribution in [2.24, 2.45) is 0 Å². The van der Waals surface area contributed by atoms with Gasteiger partial charge in [0.2, 0.25) is 5.82 Å². The van der Waals surface area contributed by atoms with Crippen molar-refractivity contribution in [1.82, 2.24) is 0 Å². The SMILES string of the molecule is CCCOc1ccc(-c2ccc(C)s2)c(F)c1F. The van der Waals surface area contributed by atoms with Crippen molar-refractivity contribution in [3.8, 4) is 16.2 Å². The summed E-state index contributed by atoms with van der Waals surface area (Å²) in [5.41, 5.74) is 0.287. The summed E-state index contributed by atoms with van der Waals surface area (Å²) in [5.74, 6) is -1.77. The highest BCUT2D eigenvalue weighted by molar-refractivity contribution is 7.15. The van der Waals surface area contributed by atoms with E-state index in [4.69, 9.17) is 4.74 Å². The van der Waals surface area contributed by atoms with Crippen LogP contribution in [-0.2, 0) is 0 Å². The van der Waals surface area contributed by atoms with E-state index in [1.165, 1.54) is 17.4 Å². The first kappa shape index (κ1) is 13.0. The molecule has 0 unspecified atom stereocenters. The molecule has 96 valence electrons. The minimum Gasteiger partial charge on any atom is -0.490 e. The molecular formula is C14H14F2OS.